The average Bonchev–Trinajstić information content (AvgIpc) is 2.66. The van der Waals surface area contributed by atoms with Gasteiger partial charge in [0.2, 0.25) is 5.91 Å². The van der Waals surface area contributed by atoms with Crippen LogP contribution in [0.25, 0.3) is 6.08 Å². The van der Waals surface area contributed by atoms with Crippen molar-refractivity contribution in [2.45, 2.75) is 19.9 Å². The number of likely N-dealkylation sites (N-methyl/N-ethyl adjacent to an activating group) is 1. The molecular weight excluding hydrogens is 333 g/mol. The zero-order valence-corrected chi connectivity index (χ0v) is 15.5. The van der Waals surface area contributed by atoms with Crippen LogP contribution in [0.1, 0.15) is 31.0 Å². The van der Waals surface area contributed by atoms with E-state index in [9.17, 15) is 9.18 Å². The first-order chi connectivity index (χ1) is 12.5. The smallest absolute Gasteiger partial charge is 0.246 e. The predicted octanol–water partition coefficient (Wildman–Crippen LogP) is 4.47. The molecule has 0 spiro atoms. The van der Waals surface area contributed by atoms with E-state index in [1.807, 2.05) is 26.0 Å². The summed E-state index contributed by atoms with van der Waals surface area (Å²) in [5.74, 6) is 0.852. The van der Waals surface area contributed by atoms with Gasteiger partial charge in [0, 0.05) is 13.1 Å². The number of amides is 1. The van der Waals surface area contributed by atoms with Crippen LogP contribution in [0.3, 0.4) is 0 Å². The van der Waals surface area contributed by atoms with Crippen molar-refractivity contribution in [1.82, 2.24) is 4.90 Å². The van der Waals surface area contributed by atoms with Crippen LogP contribution < -0.4 is 9.47 Å². The van der Waals surface area contributed by atoms with Gasteiger partial charge in [-0.25, -0.2) is 4.39 Å². The van der Waals surface area contributed by atoms with Gasteiger partial charge in [0.05, 0.1) is 19.8 Å². The highest BCUT2D eigenvalue weighted by molar-refractivity contribution is 5.92. The Morgan fingerprint density at radius 2 is 1.88 bits per heavy atom. The van der Waals surface area contributed by atoms with Gasteiger partial charge in [0.25, 0.3) is 0 Å². The molecule has 0 fully saturated rings. The third-order valence-corrected chi connectivity index (χ3v) is 4.19. The van der Waals surface area contributed by atoms with Crippen LogP contribution >= 0.6 is 0 Å². The molecular formula is C21H24FNO3. The molecule has 0 radical (unpaired) electrons. The Morgan fingerprint density at radius 3 is 2.50 bits per heavy atom. The van der Waals surface area contributed by atoms with E-state index in [2.05, 4.69) is 0 Å². The molecule has 26 heavy (non-hydrogen) atoms. The monoisotopic (exact) mass is 357 g/mol. The molecule has 1 atom stereocenters. The largest absolute Gasteiger partial charge is 0.493 e. The van der Waals surface area contributed by atoms with Crippen molar-refractivity contribution >= 4 is 12.0 Å². The Balaban J connectivity index is 2.10. The molecule has 0 heterocycles. The lowest BCUT2D eigenvalue weighted by atomic mass is 10.1. The van der Waals surface area contributed by atoms with E-state index in [0.29, 0.717) is 18.1 Å². The zero-order chi connectivity index (χ0) is 19.1. The molecule has 0 aliphatic heterocycles. The Labute approximate surface area is 153 Å². The lowest BCUT2D eigenvalue weighted by Gasteiger charge is -2.24. The molecule has 2 aromatic carbocycles. The number of halogens is 1. The van der Waals surface area contributed by atoms with E-state index >= 15 is 0 Å². The van der Waals surface area contributed by atoms with E-state index in [1.165, 1.54) is 18.2 Å². The molecule has 0 bridgehead atoms. The number of carbonyl (C=O) groups excluding carboxylic acids is 1. The summed E-state index contributed by atoms with van der Waals surface area (Å²) in [5, 5.41) is 0. The summed E-state index contributed by atoms with van der Waals surface area (Å²) in [7, 11) is 3.31. The van der Waals surface area contributed by atoms with Gasteiger partial charge in [-0.3, -0.25) is 4.79 Å². The van der Waals surface area contributed by atoms with Crippen molar-refractivity contribution < 1.29 is 18.7 Å². The van der Waals surface area contributed by atoms with Crippen LogP contribution in [-0.2, 0) is 4.79 Å². The molecule has 0 N–H and O–H groups in total. The second kappa shape index (κ2) is 9.04. The number of methoxy groups -OCH3 is 1. The first-order valence-corrected chi connectivity index (χ1v) is 8.47. The van der Waals surface area contributed by atoms with Crippen LogP contribution in [0.4, 0.5) is 4.39 Å². The molecule has 0 saturated carbocycles. The minimum atomic E-state index is -0.292. The van der Waals surface area contributed by atoms with Gasteiger partial charge in [-0.2, -0.15) is 0 Å². The fourth-order valence-corrected chi connectivity index (χ4v) is 2.51. The summed E-state index contributed by atoms with van der Waals surface area (Å²) in [4.78, 5) is 14.0. The van der Waals surface area contributed by atoms with Crippen LogP contribution in [0.15, 0.2) is 48.5 Å². The number of benzene rings is 2. The molecule has 4 nitrogen and oxygen atoms in total. The lowest BCUT2D eigenvalue weighted by molar-refractivity contribution is -0.126. The quantitative estimate of drug-likeness (QED) is 0.687. The minimum absolute atomic E-state index is 0.143. The van der Waals surface area contributed by atoms with Crippen molar-refractivity contribution in [3.8, 4) is 11.5 Å². The van der Waals surface area contributed by atoms with E-state index in [0.717, 1.165) is 11.1 Å². The Bertz CT molecular complexity index is 771. The number of hydrogen-bond donors (Lipinski definition) is 0. The molecule has 2 rings (SSSR count). The van der Waals surface area contributed by atoms with Gasteiger partial charge < -0.3 is 14.4 Å². The van der Waals surface area contributed by atoms with Crippen molar-refractivity contribution in [2.75, 3.05) is 20.8 Å². The average molecular weight is 357 g/mol. The fraction of sp³-hybridized carbons (Fsp3) is 0.286. The van der Waals surface area contributed by atoms with E-state index in [1.54, 1.807) is 43.3 Å². The van der Waals surface area contributed by atoms with Gasteiger partial charge in [-0.1, -0.05) is 18.2 Å². The second-order valence-corrected chi connectivity index (χ2v) is 5.85. The van der Waals surface area contributed by atoms with Crippen molar-refractivity contribution in [2.24, 2.45) is 0 Å². The maximum atomic E-state index is 13.0. The normalized spacial score (nSPS) is 12.0. The Kier molecular flexibility index (Phi) is 6.78. The van der Waals surface area contributed by atoms with Gasteiger partial charge in [0.1, 0.15) is 5.82 Å². The molecule has 2 aromatic rings. The van der Waals surface area contributed by atoms with Crippen LogP contribution in [0.5, 0.6) is 11.5 Å². The second-order valence-electron chi connectivity index (χ2n) is 5.85. The summed E-state index contributed by atoms with van der Waals surface area (Å²) >= 11 is 0. The molecule has 138 valence electrons. The van der Waals surface area contributed by atoms with Gasteiger partial charge in [0.15, 0.2) is 11.5 Å². The Morgan fingerprint density at radius 1 is 1.19 bits per heavy atom. The van der Waals surface area contributed by atoms with Crippen LogP contribution in [0.2, 0.25) is 0 Å². The van der Waals surface area contributed by atoms with Crippen molar-refractivity contribution in [3.05, 3.63) is 65.5 Å². The maximum Gasteiger partial charge on any atom is 0.246 e. The first kappa shape index (κ1) is 19.5. The highest BCUT2D eigenvalue weighted by atomic mass is 19.1. The van der Waals surface area contributed by atoms with E-state index < -0.39 is 0 Å². The lowest BCUT2D eigenvalue weighted by Crippen LogP contribution is -2.27. The third kappa shape index (κ3) is 4.85. The molecule has 0 aliphatic carbocycles. The first-order valence-electron chi connectivity index (χ1n) is 8.47. The third-order valence-electron chi connectivity index (χ3n) is 4.19. The molecule has 0 saturated heterocycles. The summed E-state index contributed by atoms with van der Waals surface area (Å²) in [6.07, 6.45) is 3.25. The predicted molar refractivity (Wildman–Crippen MR) is 101 cm³/mol. The standard InChI is InChI=1S/C21H24FNO3/c1-5-26-20-14-16(6-12-19(20)25-4)7-13-21(24)23(3)15(2)17-8-10-18(22)11-9-17/h6-15H,5H2,1-4H3/b13-7+. The summed E-state index contributed by atoms with van der Waals surface area (Å²) in [6.45, 7) is 4.33. The van der Waals surface area contributed by atoms with Gasteiger partial charge in [-0.15, -0.1) is 0 Å². The molecule has 0 aromatic heterocycles. The van der Waals surface area contributed by atoms with Crippen molar-refractivity contribution in [3.63, 3.8) is 0 Å². The Hall–Kier alpha value is -2.82. The molecule has 1 amide bonds. The van der Waals surface area contributed by atoms with E-state index in [-0.39, 0.29) is 17.8 Å². The molecule has 0 aliphatic rings. The number of nitrogens with zero attached hydrogens (tertiary/aromatic N) is 1. The SMILES string of the molecule is CCOc1cc(/C=C/C(=O)N(C)C(C)c2ccc(F)cc2)ccc1OC. The summed E-state index contributed by atoms with van der Waals surface area (Å²) in [6, 6.07) is 11.5. The van der Waals surface area contributed by atoms with Crippen LogP contribution in [0, 0.1) is 5.82 Å². The van der Waals surface area contributed by atoms with Gasteiger partial charge >= 0.3 is 0 Å². The number of rotatable bonds is 7. The summed E-state index contributed by atoms with van der Waals surface area (Å²) in [5.41, 5.74) is 1.71. The molecule has 5 heteroatoms. The topological polar surface area (TPSA) is 38.8 Å². The number of ether oxygens (including phenoxy) is 2. The zero-order valence-electron chi connectivity index (χ0n) is 15.5. The number of hydrogen-bond acceptors (Lipinski definition) is 3. The van der Waals surface area contributed by atoms with Crippen molar-refractivity contribution in [1.29, 1.82) is 0 Å². The van der Waals surface area contributed by atoms with Gasteiger partial charge in [-0.05, 0) is 55.3 Å². The van der Waals surface area contributed by atoms with Crippen LogP contribution in [-0.4, -0.2) is 31.6 Å². The van der Waals surface area contributed by atoms with E-state index in [4.69, 9.17) is 9.47 Å². The minimum Gasteiger partial charge on any atom is -0.493 e. The number of carbonyl (C=O) groups is 1. The molecule has 1 unspecified atom stereocenters. The highest BCUT2D eigenvalue weighted by Crippen LogP contribution is 2.28. The maximum absolute atomic E-state index is 13.0. The highest BCUT2D eigenvalue weighted by Gasteiger charge is 2.15. The fourth-order valence-electron chi connectivity index (χ4n) is 2.51. The summed E-state index contributed by atoms with van der Waals surface area (Å²) < 4.78 is 23.8.